The van der Waals surface area contributed by atoms with E-state index in [1.807, 2.05) is 91.6 Å². The average Bonchev–Trinajstić information content (AvgIpc) is 4.03. The second kappa shape index (κ2) is 18.8. The number of benzene rings is 2. The molecule has 2 N–H and O–H groups in total. The Bertz CT molecular complexity index is 2150. The molecule has 2 aliphatic heterocycles. The molecule has 5 atom stereocenters. The van der Waals surface area contributed by atoms with Crippen molar-refractivity contribution >= 4 is 17.9 Å². The van der Waals surface area contributed by atoms with Crippen LogP contribution in [0.3, 0.4) is 0 Å². The SMILES string of the molecule is CC(C)[C@@H](C(=O)N1CCCC1c1ncc(-c2ccc(-c3ccc(-c4cnc([C@@H]5CCCN5C(=O)[C@H](C(C)C)N(C)C(C)OC(C)(C)C)[nH]4)cc3)cc2)[nH]1)N(C)C(=O)OC(C)(C)C. The minimum Gasteiger partial charge on any atom is -0.444 e. The molecule has 0 spiro atoms. The van der Waals surface area contributed by atoms with Crippen molar-refractivity contribution < 1.29 is 23.9 Å². The van der Waals surface area contributed by atoms with Crippen molar-refractivity contribution in [1.29, 1.82) is 0 Å². The molecule has 2 fully saturated rings. The Labute approximate surface area is 369 Å². The largest absolute Gasteiger partial charge is 0.444 e. The van der Waals surface area contributed by atoms with E-state index in [2.05, 4.69) is 77.2 Å². The number of ether oxygens (including phenoxy) is 2. The molecule has 4 heterocycles. The number of imidazole rings is 2. The van der Waals surface area contributed by atoms with Gasteiger partial charge >= 0.3 is 6.09 Å². The summed E-state index contributed by atoms with van der Waals surface area (Å²) in [4.78, 5) is 65.2. The molecule has 2 saturated heterocycles. The predicted molar refractivity (Wildman–Crippen MR) is 244 cm³/mol. The fraction of sp³-hybridized carbons (Fsp3) is 0.571. The maximum Gasteiger partial charge on any atom is 0.410 e. The summed E-state index contributed by atoms with van der Waals surface area (Å²) < 4.78 is 11.8. The van der Waals surface area contributed by atoms with E-state index < -0.39 is 17.7 Å². The highest BCUT2D eigenvalue weighted by molar-refractivity contribution is 5.86. The zero-order valence-corrected chi connectivity index (χ0v) is 39.3. The van der Waals surface area contributed by atoms with Gasteiger partial charge in [0.15, 0.2) is 0 Å². The molecule has 0 bridgehead atoms. The number of nitrogens with zero attached hydrogens (tertiary/aromatic N) is 6. The third-order valence-corrected chi connectivity index (χ3v) is 12.0. The van der Waals surface area contributed by atoms with Crippen LogP contribution in [0.1, 0.15) is 126 Å². The van der Waals surface area contributed by atoms with Crippen molar-refractivity contribution in [2.24, 2.45) is 11.8 Å². The second-order valence-electron chi connectivity index (χ2n) is 19.9. The van der Waals surface area contributed by atoms with Crippen LogP contribution in [0, 0.1) is 11.8 Å². The topological polar surface area (TPSA) is 140 Å². The van der Waals surface area contributed by atoms with Gasteiger partial charge in [-0.3, -0.25) is 19.4 Å². The lowest BCUT2D eigenvalue weighted by molar-refractivity contribution is -0.158. The lowest BCUT2D eigenvalue weighted by atomic mass is 10.0. The summed E-state index contributed by atoms with van der Waals surface area (Å²) >= 11 is 0. The van der Waals surface area contributed by atoms with E-state index in [1.165, 1.54) is 4.90 Å². The molecular formula is C49H70N8O5. The van der Waals surface area contributed by atoms with E-state index in [9.17, 15) is 14.4 Å². The lowest BCUT2D eigenvalue weighted by Crippen LogP contribution is -2.54. The Morgan fingerprint density at radius 2 is 1.05 bits per heavy atom. The molecule has 0 radical (unpaired) electrons. The third-order valence-electron chi connectivity index (χ3n) is 12.0. The molecule has 2 unspecified atom stereocenters. The number of nitrogens with one attached hydrogen (secondary N) is 2. The number of H-pyrrole nitrogens is 2. The van der Waals surface area contributed by atoms with Crippen molar-refractivity contribution in [2.45, 2.75) is 143 Å². The fourth-order valence-electron chi connectivity index (χ4n) is 9.06. The van der Waals surface area contributed by atoms with Crippen molar-refractivity contribution in [3.05, 3.63) is 72.6 Å². The first-order valence-corrected chi connectivity index (χ1v) is 22.4. The fourth-order valence-corrected chi connectivity index (χ4v) is 9.06. The van der Waals surface area contributed by atoms with E-state index in [1.54, 1.807) is 7.05 Å². The number of hydrogen-bond acceptors (Lipinski definition) is 8. The first-order chi connectivity index (χ1) is 29.1. The maximum absolute atomic E-state index is 14.2. The molecule has 0 aliphatic carbocycles. The molecule has 336 valence electrons. The minimum absolute atomic E-state index is 0.0964. The van der Waals surface area contributed by atoms with Gasteiger partial charge in [0.25, 0.3) is 0 Å². The van der Waals surface area contributed by atoms with Crippen LogP contribution < -0.4 is 0 Å². The lowest BCUT2D eigenvalue weighted by Gasteiger charge is -2.39. The molecule has 2 aromatic carbocycles. The normalized spacial score (nSPS) is 18.8. The highest BCUT2D eigenvalue weighted by atomic mass is 16.6. The summed E-state index contributed by atoms with van der Waals surface area (Å²) in [5, 5.41) is 0. The van der Waals surface area contributed by atoms with Gasteiger partial charge < -0.3 is 29.2 Å². The Morgan fingerprint density at radius 1 is 0.645 bits per heavy atom. The van der Waals surface area contributed by atoms with Crippen LogP contribution in [0.15, 0.2) is 60.9 Å². The molecule has 2 aliphatic rings. The number of aromatic amines is 2. The average molecular weight is 851 g/mol. The molecule has 2 aromatic heterocycles. The van der Waals surface area contributed by atoms with Gasteiger partial charge in [0, 0.05) is 20.1 Å². The van der Waals surface area contributed by atoms with Crippen molar-refractivity contribution in [3.8, 4) is 33.6 Å². The van der Waals surface area contributed by atoms with Crippen LogP contribution in [0.2, 0.25) is 0 Å². The Morgan fingerprint density at radius 3 is 1.44 bits per heavy atom. The van der Waals surface area contributed by atoms with Crippen molar-refractivity contribution in [1.82, 2.24) is 39.5 Å². The van der Waals surface area contributed by atoms with Crippen LogP contribution in [0.25, 0.3) is 33.6 Å². The van der Waals surface area contributed by atoms with Gasteiger partial charge in [-0.25, -0.2) is 14.8 Å². The molecule has 62 heavy (non-hydrogen) atoms. The standard InChI is InChI=1S/C49H70N8O5/c1-30(2)41(54(12)32(5)61-48(6,7)8)45(58)56-26-14-16-39(56)43-50-28-37(52-43)35-22-18-33(19-23-35)34-20-24-36(25-21-34)38-29-51-44(53-38)40-17-15-27-57(40)46(59)42(31(3)4)55(13)47(60)62-49(9,10)11/h18-25,28-32,39-42H,14-17,26-27H2,1-13H3,(H,50,52)(H,51,53)/t32?,39-,40?,41-,42-/m0/s1. The predicted octanol–water partition coefficient (Wildman–Crippen LogP) is 9.47. The van der Waals surface area contributed by atoms with Gasteiger partial charge in [0.05, 0.1) is 47.5 Å². The number of likely N-dealkylation sites (tertiary alicyclic amines) is 2. The molecular weight excluding hydrogens is 781 g/mol. The molecule has 13 nitrogen and oxygen atoms in total. The van der Waals surface area contributed by atoms with Crippen molar-refractivity contribution in [2.75, 3.05) is 27.2 Å². The summed E-state index contributed by atoms with van der Waals surface area (Å²) in [6, 6.07) is 15.5. The monoisotopic (exact) mass is 851 g/mol. The summed E-state index contributed by atoms with van der Waals surface area (Å²) in [6.07, 6.45) is 6.42. The Hall–Kier alpha value is -5.01. The number of rotatable bonds is 13. The van der Waals surface area contributed by atoms with E-state index in [0.29, 0.717) is 13.1 Å². The second-order valence-corrected chi connectivity index (χ2v) is 19.9. The van der Waals surface area contributed by atoms with Crippen LogP contribution >= 0.6 is 0 Å². The maximum atomic E-state index is 14.2. The minimum atomic E-state index is -0.660. The Kier molecular flexibility index (Phi) is 14.1. The zero-order valence-electron chi connectivity index (χ0n) is 39.3. The summed E-state index contributed by atoms with van der Waals surface area (Å²) in [5.41, 5.74) is 5.00. The van der Waals surface area contributed by atoms with Gasteiger partial charge in [0.2, 0.25) is 11.8 Å². The van der Waals surface area contributed by atoms with Gasteiger partial charge in [-0.2, -0.15) is 0 Å². The smallest absolute Gasteiger partial charge is 0.410 e. The number of likely N-dealkylation sites (N-methyl/N-ethyl adjacent to an activating group) is 2. The number of carbonyl (C=O) groups excluding carboxylic acids is 3. The molecule has 13 heteroatoms. The summed E-state index contributed by atoms with van der Waals surface area (Å²) in [6.45, 7) is 23.0. The van der Waals surface area contributed by atoms with E-state index in [4.69, 9.17) is 19.4 Å². The summed E-state index contributed by atoms with van der Waals surface area (Å²) in [5.74, 6) is 1.58. The van der Waals surface area contributed by atoms with E-state index >= 15 is 0 Å². The van der Waals surface area contributed by atoms with Gasteiger partial charge in [0.1, 0.15) is 29.5 Å². The first-order valence-electron chi connectivity index (χ1n) is 22.4. The van der Waals surface area contributed by atoms with E-state index in [-0.39, 0.29) is 53.6 Å². The molecule has 0 saturated carbocycles. The van der Waals surface area contributed by atoms with E-state index in [0.717, 1.165) is 71.0 Å². The molecule has 4 aromatic rings. The van der Waals surface area contributed by atoms with Crippen molar-refractivity contribution in [3.63, 3.8) is 0 Å². The zero-order chi connectivity index (χ0) is 45.3. The van der Waals surface area contributed by atoms with Crippen LogP contribution in [0.4, 0.5) is 4.79 Å². The number of amides is 3. The first kappa shape index (κ1) is 46.5. The highest BCUT2D eigenvalue weighted by Gasteiger charge is 2.42. The van der Waals surface area contributed by atoms with Crippen LogP contribution in [-0.2, 0) is 19.1 Å². The number of carbonyl (C=O) groups is 3. The highest BCUT2D eigenvalue weighted by Crippen LogP contribution is 2.36. The van der Waals surface area contributed by atoms with Crippen LogP contribution in [-0.4, -0.2) is 114 Å². The Balaban J connectivity index is 1.10. The number of aromatic nitrogens is 4. The summed E-state index contributed by atoms with van der Waals surface area (Å²) in [7, 11) is 3.63. The quantitative estimate of drug-likeness (QED) is 0.127. The van der Waals surface area contributed by atoms with Crippen LogP contribution in [0.5, 0.6) is 0 Å². The third kappa shape index (κ3) is 10.6. The number of hydrogen-bond donors (Lipinski definition) is 2. The molecule has 3 amide bonds. The van der Waals surface area contributed by atoms with Gasteiger partial charge in [-0.05, 0) is 115 Å². The van der Waals surface area contributed by atoms with Gasteiger partial charge in [-0.1, -0.05) is 76.2 Å². The molecule has 6 rings (SSSR count). The van der Waals surface area contributed by atoms with Gasteiger partial charge in [-0.15, -0.1) is 0 Å².